The molecule has 1 amide bonds. The Hall–Kier alpha value is -2.98. The van der Waals surface area contributed by atoms with Gasteiger partial charge in [-0.15, -0.1) is 0 Å². The van der Waals surface area contributed by atoms with Crippen LogP contribution < -0.4 is 0 Å². The molecule has 0 aliphatic carbocycles. The van der Waals surface area contributed by atoms with Gasteiger partial charge in [0.15, 0.2) is 5.82 Å². The number of thioether (sulfide) groups is 1. The Morgan fingerprint density at radius 3 is 2.67 bits per heavy atom. The molecule has 152 valence electrons. The number of hydrogen-bond donors (Lipinski definition) is 0. The van der Waals surface area contributed by atoms with E-state index in [2.05, 4.69) is 10.1 Å². The van der Waals surface area contributed by atoms with Crippen molar-refractivity contribution in [2.45, 2.75) is 12.7 Å². The molecule has 1 fully saturated rings. The first kappa shape index (κ1) is 20.3. The van der Waals surface area contributed by atoms with Crippen LogP contribution in [-0.4, -0.2) is 29.9 Å². The van der Waals surface area contributed by atoms with Gasteiger partial charge in [0.05, 0.1) is 28.9 Å². The van der Waals surface area contributed by atoms with Gasteiger partial charge in [-0.2, -0.15) is 18.3 Å². The number of nitrogens with zero attached hydrogens (tertiary/aromatic N) is 4. The number of halogens is 3. The predicted octanol–water partition coefficient (Wildman–Crippen LogP) is 4.69. The summed E-state index contributed by atoms with van der Waals surface area (Å²) in [7, 11) is 0. The lowest BCUT2D eigenvalue weighted by molar-refractivity contribution is -0.137. The lowest BCUT2D eigenvalue weighted by Crippen LogP contribution is -2.27. The fourth-order valence-electron chi connectivity index (χ4n) is 2.89. The Kier molecular flexibility index (Phi) is 5.44. The largest absolute Gasteiger partial charge is 0.416 e. The third-order valence-corrected chi connectivity index (χ3v) is 5.66. The Balaban J connectivity index is 1.58. The first-order chi connectivity index (χ1) is 14.3. The first-order valence-corrected chi connectivity index (χ1v) is 9.92. The highest BCUT2D eigenvalue weighted by atomic mass is 32.2. The molecule has 5 nitrogen and oxygen atoms in total. The summed E-state index contributed by atoms with van der Waals surface area (Å²) in [5.41, 5.74) is 0.217. The van der Waals surface area contributed by atoms with E-state index in [1.54, 1.807) is 41.4 Å². The number of aromatic nitrogens is 3. The van der Waals surface area contributed by atoms with E-state index < -0.39 is 11.7 Å². The average Bonchev–Trinajstić information content (AvgIpc) is 3.28. The van der Waals surface area contributed by atoms with Gasteiger partial charge in [0.1, 0.15) is 4.32 Å². The molecule has 0 saturated carbocycles. The van der Waals surface area contributed by atoms with Crippen LogP contribution in [0, 0.1) is 0 Å². The van der Waals surface area contributed by atoms with E-state index in [1.807, 2.05) is 6.07 Å². The molecule has 1 saturated heterocycles. The normalized spacial score (nSPS) is 16.0. The molecular weight excluding hydrogens is 433 g/mol. The molecular formula is C20H13F3N4OS2. The van der Waals surface area contributed by atoms with E-state index in [1.165, 1.54) is 17.0 Å². The Morgan fingerprint density at radius 2 is 1.93 bits per heavy atom. The summed E-state index contributed by atoms with van der Waals surface area (Å²) in [6, 6.07) is 12.0. The minimum Gasteiger partial charge on any atom is -0.288 e. The van der Waals surface area contributed by atoms with Crippen LogP contribution in [0.25, 0.3) is 11.9 Å². The van der Waals surface area contributed by atoms with E-state index in [-0.39, 0.29) is 16.8 Å². The van der Waals surface area contributed by atoms with Crippen molar-refractivity contribution in [1.82, 2.24) is 19.7 Å². The van der Waals surface area contributed by atoms with Gasteiger partial charge in [-0.3, -0.25) is 9.69 Å². The number of benzene rings is 1. The predicted molar refractivity (Wildman–Crippen MR) is 112 cm³/mol. The Labute approximate surface area is 179 Å². The Morgan fingerprint density at radius 1 is 1.10 bits per heavy atom. The van der Waals surface area contributed by atoms with Crippen molar-refractivity contribution in [1.29, 1.82) is 0 Å². The van der Waals surface area contributed by atoms with Gasteiger partial charge in [0.2, 0.25) is 0 Å². The molecule has 1 aromatic carbocycles. The lowest BCUT2D eigenvalue weighted by Gasteiger charge is -2.15. The van der Waals surface area contributed by atoms with E-state index in [4.69, 9.17) is 12.2 Å². The topological polar surface area (TPSA) is 51.0 Å². The summed E-state index contributed by atoms with van der Waals surface area (Å²) < 4.78 is 40.7. The van der Waals surface area contributed by atoms with E-state index in [0.29, 0.717) is 22.0 Å². The van der Waals surface area contributed by atoms with Gasteiger partial charge < -0.3 is 0 Å². The number of carbonyl (C=O) groups is 1. The molecule has 3 heterocycles. The smallest absolute Gasteiger partial charge is 0.288 e. The summed E-state index contributed by atoms with van der Waals surface area (Å²) in [6.45, 7) is -0.0363. The number of hydrogen-bond acceptors (Lipinski definition) is 5. The zero-order chi connectivity index (χ0) is 21.3. The molecule has 3 aromatic rings. The van der Waals surface area contributed by atoms with Gasteiger partial charge in [0, 0.05) is 6.20 Å². The molecule has 1 aliphatic heterocycles. The van der Waals surface area contributed by atoms with Crippen molar-refractivity contribution in [3.05, 3.63) is 82.7 Å². The maximum Gasteiger partial charge on any atom is 0.416 e. The fraction of sp³-hybridized carbons (Fsp3) is 0.100. The quantitative estimate of drug-likeness (QED) is 0.430. The molecule has 10 heteroatoms. The van der Waals surface area contributed by atoms with Crippen LogP contribution in [0.3, 0.4) is 0 Å². The molecule has 0 spiro atoms. The maximum atomic E-state index is 13.0. The SMILES string of the molecule is O=C1/C(=C\c2ccnn2-c2ccccn2)SC(=S)N1Cc1cccc(C(F)(F)F)c1. The second-order valence-electron chi connectivity index (χ2n) is 6.32. The van der Waals surface area contributed by atoms with Gasteiger partial charge in [-0.05, 0) is 42.0 Å². The van der Waals surface area contributed by atoms with Crippen molar-refractivity contribution in [3.63, 3.8) is 0 Å². The third kappa shape index (κ3) is 4.14. The van der Waals surface area contributed by atoms with Crippen molar-refractivity contribution in [2.75, 3.05) is 0 Å². The summed E-state index contributed by atoms with van der Waals surface area (Å²) in [5.74, 6) is 0.226. The molecule has 4 rings (SSSR count). The van der Waals surface area contributed by atoms with Crippen LogP contribution in [0.15, 0.2) is 65.8 Å². The second kappa shape index (κ2) is 8.04. The van der Waals surface area contributed by atoms with Gasteiger partial charge in [-0.25, -0.2) is 9.67 Å². The third-order valence-electron chi connectivity index (χ3n) is 4.29. The van der Waals surface area contributed by atoms with Crippen molar-refractivity contribution >= 4 is 40.3 Å². The molecule has 0 bridgehead atoms. The molecule has 0 radical (unpaired) electrons. The Bertz CT molecular complexity index is 1140. The first-order valence-electron chi connectivity index (χ1n) is 8.70. The summed E-state index contributed by atoms with van der Waals surface area (Å²) in [5, 5.41) is 4.23. The van der Waals surface area contributed by atoms with Gasteiger partial charge in [0.25, 0.3) is 5.91 Å². The maximum absolute atomic E-state index is 13.0. The fourth-order valence-corrected chi connectivity index (χ4v) is 4.13. The molecule has 0 atom stereocenters. The minimum absolute atomic E-state index is 0.0363. The monoisotopic (exact) mass is 446 g/mol. The van der Waals surface area contributed by atoms with E-state index in [9.17, 15) is 18.0 Å². The number of alkyl halides is 3. The average molecular weight is 446 g/mol. The van der Waals surface area contributed by atoms with Crippen molar-refractivity contribution < 1.29 is 18.0 Å². The summed E-state index contributed by atoms with van der Waals surface area (Å²) in [6.07, 6.45) is 0.418. The minimum atomic E-state index is -4.45. The number of pyridine rings is 1. The number of rotatable bonds is 4. The highest BCUT2D eigenvalue weighted by Crippen LogP contribution is 2.35. The zero-order valence-electron chi connectivity index (χ0n) is 15.2. The molecule has 0 N–H and O–H groups in total. The number of carbonyl (C=O) groups excluding carboxylic acids is 1. The van der Waals surface area contributed by atoms with E-state index >= 15 is 0 Å². The van der Waals surface area contributed by atoms with E-state index in [0.717, 1.165) is 23.9 Å². The summed E-state index contributed by atoms with van der Waals surface area (Å²) in [4.78, 5) is 18.8. The van der Waals surface area contributed by atoms with Crippen molar-refractivity contribution in [3.8, 4) is 5.82 Å². The molecule has 2 aromatic heterocycles. The van der Waals surface area contributed by atoms with Crippen molar-refractivity contribution in [2.24, 2.45) is 0 Å². The van der Waals surface area contributed by atoms with Crippen LogP contribution in [0.5, 0.6) is 0 Å². The van der Waals surface area contributed by atoms with Gasteiger partial charge in [-0.1, -0.05) is 42.2 Å². The standard InChI is InChI=1S/C20H13F3N4OS2/c21-20(22,23)14-5-3-4-13(10-14)12-26-18(28)16(30-19(26)29)11-15-7-9-25-27(15)17-6-1-2-8-24-17/h1-11H,12H2/b16-11+. The van der Waals surface area contributed by atoms with Crippen LogP contribution in [0.2, 0.25) is 0 Å². The zero-order valence-corrected chi connectivity index (χ0v) is 16.8. The highest BCUT2D eigenvalue weighted by Gasteiger charge is 2.34. The van der Waals surface area contributed by atoms with Crippen LogP contribution in [0.4, 0.5) is 13.2 Å². The molecule has 0 unspecified atom stereocenters. The number of thiocarbonyl (C=S) groups is 1. The van der Waals surface area contributed by atoms with Crippen LogP contribution in [0.1, 0.15) is 16.8 Å². The lowest BCUT2D eigenvalue weighted by atomic mass is 10.1. The summed E-state index contributed by atoms with van der Waals surface area (Å²) >= 11 is 6.39. The molecule has 30 heavy (non-hydrogen) atoms. The van der Waals surface area contributed by atoms with Gasteiger partial charge >= 0.3 is 6.18 Å². The van der Waals surface area contributed by atoms with Crippen LogP contribution in [-0.2, 0) is 17.5 Å². The molecule has 1 aliphatic rings. The van der Waals surface area contributed by atoms with Crippen LogP contribution >= 0.6 is 24.0 Å². The highest BCUT2D eigenvalue weighted by molar-refractivity contribution is 8.26. The number of amides is 1. The second-order valence-corrected chi connectivity index (χ2v) is 8.00.